The van der Waals surface area contributed by atoms with Crippen LogP contribution in [0.1, 0.15) is 51.9 Å². The number of amides is 2. The Morgan fingerprint density at radius 2 is 1.70 bits per heavy atom. The van der Waals surface area contributed by atoms with Gasteiger partial charge in [-0.15, -0.1) is 0 Å². The van der Waals surface area contributed by atoms with Crippen LogP contribution in [0, 0.1) is 23.7 Å². The molecule has 2 saturated carbocycles. The molecule has 1 saturated heterocycles. The van der Waals surface area contributed by atoms with Crippen molar-refractivity contribution in [2.75, 3.05) is 19.6 Å². The summed E-state index contributed by atoms with van der Waals surface area (Å²) in [5.41, 5.74) is 6.31. The number of piperidine rings is 1. The van der Waals surface area contributed by atoms with Gasteiger partial charge in [0.05, 0.1) is 0 Å². The number of nitrogens with zero attached hydrogens (tertiary/aromatic N) is 1. The van der Waals surface area contributed by atoms with Crippen molar-refractivity contribution in [1.82, 2.24) is 10.2 Å². The van der Waals surface area contributed by atoms with Crippen LogP contribution in [-0.4, -0.2) is 42.4 Å². The van der Waals surface area contributed by atoms with Crippen LogP contribution in [0.2, 0.25) is 0 Å². The molecular formula is C18H31N3O2. The maximum absolute atomic E-state index is 12.5. The van der Waals surface area contributed by atoms with Gasteiger partial charge in [-0.3, -0.25) is 9.59 Å². The minimum atomic E-state index is 0.164. The number of hydrogen-bond donors (Lipinski definition) is 2. The predicted molar refractivity (Wildman–Crippen MR) is 89.5 cm³/mol. The lowest BCUT2D eigenvalue weighted by molar-refractivity contribution is -0.131. The summed E-state index contributed by atoms with van der Waals surface area (Å²) in [6, 6.07) is 0.323. The van der Waals surface area contributed by atoms with Gasteiger partial charge in [0.2, 0.25) is 11.8 Å². The van der Waals surface area contributed by atoms with E-state index in [-0.39, 0.29) is 17.7 Å². The molecule has 0 aromatic rings. The second-order valence-electron chi connectivity index (χ2n) is 7.89. The predicted octanol–water partition coefficient (Wildman–Crippen LogP) is 1.51. The molecule has 1 aliphatic heterocycles. The van der Waals surface area contributed by atoms with Gasteiger partial charge in [-0.1, -0.05) is 6.42 Å². The Hall–Kier alpha value is -1.10. The standard InChI is InChI=1S/C18H31N3O2/c1-12(22)21-7-5-13(6-8-21)11-20-18(23)16-9-14-3-2-4-15(10-16)17(14)19/h13-17H,2-11,19H2,1H3,(H,20,23). The molecule has 2 bridgehead atoms. The number of nitrogens with two attached hydrogens (primary N) is 1. The summed E-state index contributed by atoms with van der Waals surface area (Å²) in [6.07, 6.45) is 7.64. The highest BCUT2D eigenvalue weighted by Crippen LogP contribution is 2.41. The Morgan fingerprint density at radius 1 is 1.09 bits per heavy atom. The molecule has 2 amide bonds. The van der Waals surface area contributed by atoms with Gasteiger partial charge in [-0.05, 0) is 56.3 Å². The van der Waals surface area contributed by atoms with Crippen LogP contribution >= 0.6 is 0 Å². The first-order chi connectivity index (χ1) is 11.0. The largest absolute Gasteiger partial charge is 0.356 e. The molecular weight excluding hydrogens is 290 g/mol. The molecule has 5 nitrogen and oxygen atoms in total. The van der Waals surface area contributed by atoms with Crippen molar-refractivity contribution >= 4 is 11.8 Å². The number of nitrogens with one attached hydrogen (secondary N) is 1. The third-order valence-electron chi connectivity index (χ3n) is 6.41. The molecule has 0 aromatic carbocycles. The van der Waals surface area contributed by atoms with E-state index >= 15 is 0 Å². The Labute approximate surface area is 139 Å². The van der Waals surface area contributed by atoms with E-state index in [1.165, 1.54) is 19.3 Å². The summed E-state index contributed by atoms with van der Waals surface area (Å²) in [4.78, 5) is 25.8. The van der Waals surface area contributed by atoms with E-state index in [0.29, 0.717) is 23.8 Å². The lowest BCUT2D eigenvalue weighted by atomic mass is 9.65. The van der Waals surface area contributed by atoms with E-state index in [1.54, 1.807) is 6.92 Å². The summed E-state index contributed by atoms with van der Waals surface area (Å²) in [5.74, 6) is 2.19. The Morgan fingerprint density at radius 3 is 2.26 bits per heavy atom. The minimum absolute atomic E-state index is 0.164. The fraction of sp³-hybridized carbons (Fsp3) is 0.889. The molecule has 0 radical (unpaired) electrons. The van der Waals surface area contributed by atoms with Gasteiger partial charge >= 0.3 is 0 Å². The Bertz CT molecular complexity index is 432. The van der Waals surface area contributed by atoms with Crippen LogP contribution in [-0.2, 0) is 9.59 Å². The number of carbonyl (C=O) groups is 2. The second kappa shape index (κ2) is 7.20. The van der Waals surface area contributed by atoms with E-state index in [4.69, 9.17) is 5.73 Å². The maximum atomic E-state index is 12.5. The highest BCUT2D eigenvalue weighted by atomic mass is 16.2. The Kier molecular flexibility index (Phi) is 5.24. The molecule has 3 aliphatic rings. The molecule has 2 atom stereocenters. The van der Waals surface area contributed by atoms with Crippen molar-refractivity contribution < 1.29 is 9.59 Å². The van der Waals surface area contributed by atoms with Gasteiger partial charge in [0.1, 0.15) is 0 Å². The van der Waals surface area contributed by atoms with E-state index in [9.17, 15) is 9.59 Å². The maximum Gasteiger partial charge on any atom is 0.223 e. The topological polar surface area (TPSA) is 75.4 Å². The number of fused-ring (bicyclic) bond motifs is 2. The van der Waals surface area contributed by atoms with Crippen LogP contribution in [0.25, 0.3) is 0 Å². The monoisotopic (exact) mass is 321 g/mol. The molecule has 130 valence electrons. The fourth-order valence-electron chi connectivity index (χ4n) is 4.84. The van der Waals surface area contributed by atoms with Crippen LogP contribution < -0.4 is 11.1 Å². The van der Waals surface area contributed by atoms with Gasteiger partial charge in [0.25, 0.3) is 0 Å². The van der Waals surface area contributed by atoms with E-state index in [2.05, 4.69) is 5.32 Å². The molecule has 3 N–H and O–H groups in total. The molecule has 3 fully saturated rings. The fourth-order valence-corrected chi connectivity index (χ4v) is 4.84. The second-order valence-corrected chi connectivity index (χ2v) is 7.89. The van der Waals surface area contributed by atoms with Gasteiger partial charge in [0, 0.05) is 38.5 Å². The number of likely N-dealkylation sites (tertiary alicyclic amines) is 1. The molecule has 1 heterocycles. The van der Waals surface area contributed by atoms with Crippen molar-refractivity contribution in [2.24, 2.45) is 29.4 Å². The molecule has 0 aromatic heterocycles. The molecule has 5 heteroatoms. The molecule has 0 spiro atoms. The summed E-state index contributed by atoms with van der Waals surface area (Å²) in [5, 5.41) is 3.19. The zero-order valence-corrected chi connectivity index (χ0v) is 14.3. The SMILES string of the molecule is CC(=O)N1CCC(CNC(=O)C2CC3CCCC(C2)C3N)CC1. The average molecular weight is 321 g/mol. The molecule has 2 unspecified atom stereocenters. The first kappa shape index (κ1) is 16.7. The Balaban J connectivity index is 1.43. The van der Waals surface area contributed by atoms with Gasteiger partial charge in [-0.25, -0.2) is 0 Å². The molecule has 2 aliphatic carbocycles. The lowest BCUT2D eigenvalue weighted by Gasteiger charge is -2.43. The van der Waals surface area contributed by atoms with Gasteiger partial charge < -0.3 is 16.0 Å². The molecule has 3 rings (SSSR count). The first-order valence-corrected chi connectivity index (χ1v) is 9.33. The van der Waals surface area contributed by atoms with Crippen molar-refractivity contribution in [3.63, 3.8) is 0 Å². The van der Waals surface area contributed by atoms with Crippen molar-refractivity contribution in [3.8, 4) is 0 Å². The lowest BCUT2D eigenvalue weighted by Crippen LogP contribution is -2.49. The van der Waals surface area contributed by atoms with Crippen LogP contribution in [0.4, 0.5) is 0 Å². The highest BCUT2D eigenvalue weighted by Gasteiger charge is 2.40. The third-order valence-corrected chi connectivity index (χ3v) is 6.41. The van der Waals surface area contributed by atoms with Gasteiger partial charge in [0.15, 0.2) is 0 Å². The number of carbonyl (C=O) groups excluding carboxylic acids is 2. The number of hydrogen-bond acceptors (Lipinski definition) is 3. The van der Waals surface area contributed by atoms with Crippen LogP contribution in [0.15, 0.2) is 0 Å². The van der Waals surface area contributed by atoms with Crippen molar-refractivity contribution in [2.45, 2.75) is 57.9 Å². The zero-order valence-electron chi connectivity index (χ0n) is 14.3. The smallest absolute Gasteiger partial charge is 0.223 e. The first-order valence-electron chi connectivity index (χ1n) is 9.33. The normalized spacial score (nSPS) is 35.0. The summed E-state index contributed by atoms with van der Waals surface area (Å²) in [6.45, 7) is 4.06. The quantitative estimate of drug-likeness (QED) is 0.827. The third kappa shape index (κ3) is 3.87. The van der Waals surface area contributed by atoms with E-state index < -0.39 is 0 Å². The molecule has 23 heavy (non-hydrogen) atoms. The van der Waals surface area contributed by atoms with E-state index in [0.717, 1.165) is 45.3 Å². The number of rotatable bonds is 3. The summed E-state index contributed by atoms with van der Waals surface area (Å²) >= 11 is 0. The minimum Gasteiger partial charge on any atom is -0.356 e. The highest BCUT2D eigenvalue weighted by molar-refractivity contribution is 5.78. The van der Waals surface area contributed by atoms with Gasteiger partial charge in [-0.2, -0.15) is 0 Å². The van der Waals surface area contributed by atoms with Crippen molar-refractivity contribution in [3.05, 3.63) is 0 Å². The van der Waals surface area contributed by atoms with Crippen molar-refractivity contribution in [1.29, 1.82) is 0 Å². The summed E-state index contributed by atoms with van der Waals surface area (Å²) in [7, 11) is 0. The zero-order chi connectivity index (χ0) is 16.4. The van der Waals surface area contributed by atoms with Crippen LogP contribution in [0.3, 0.4) is 0 Å². The van der Waals surface area contributed by atoms with E-state index in [1.807, 2.05) is 4.90 Å². The van der Waals surface area contributed by atoms with Crippen LogP contribution in [0.5, 0.6) is 0 Å². The average Bonchev–Trinajstić information content (AvgIpc) is 2.52. The summed E-state index contributed by atoms with van der Waals surface area (Å²) < 4.78 is 0.